The molecule has 130 valence electrons. The Morgan fingerprint density at radius 3 is 2.79 bits per heavy atom. The van der Waals surface area contributed by atoms with Gasteiger partial charge in [-0.15, -0.1) is 0 Å². The summed E-state index contributed by atoms with van der Waals surface area (Å²) in [6.45, 7) is 1.87. The Kier molecular flexibility index (Phi) is 5.69. The fourth-order valence-corrected chi connectivity index (χ4v) is 2.20. The van der Waals surface area contributed by atoms with Gasteiger partial charge in [0.1, 0.15) is 11.4 Å². The summed E-state index contributed by atoms with van der Waals surface area (Å²) < 4.78 is 15.1. The Morgan fingerprint density at radius 1 is 1.46 bits per heavy atom. The first-order chi connectivity index (χ1) is 11.4. The molecule has 2 atom stereocenters. The van der Waals surface area contributed by atoms with Gasteiger partial charge < -0.3 is 19.5 Å². The van der Waals surface area contributed by atoms with E-state index in [4.69, 9.17) is 14.2 Å². The number of carbonyl (C=O) groups is 2. The van der Waals surface area contributed by atoms with Crippen LogP contribution >= 0.6 is 0 Å². The summed E-state index contributed by atoms with van der Waals surface area (Å²) in [5, 5.41) is 13.5. The van der Waals surface area contributed by atoms with Crippen LogP contribution in [0.1, 0.15) is 19.8 Å². The van der Waals surface area contributed by atoms with Crippen molar-refractivity contribution in [3.8, 4) is 5.75 Å². The van der Waals surface area contributed by atoms with Crippen molar-refractivity contribution in [2.75, 3.05) is 19.0 Å². The molecule has 9 heteroatoms. The van der Waals surface area contributed by atoms with Crippen LogP contribution in [0.2, 0.25) is 0 Å². The van der Waals surface area contributed by atoms with Gasteiger partial charge in [0.05, 0.1) is 18.1 Å². The van der Waals surface area contributed by atoms with Gasteiger partial charge in [-0.1, -0.05) is 0 Å². The zero-order valence-electron chi connectivity index (χ0n) is 13.3. The number of hydrogen-bond acceptors (Lipinski definition) is 7. The maximum Gasteiger partial charge on any atom is 0.336 e. The van der Waals surface area contributed by atoms with E-state index < -0.39 is 29.0 Å². The number of methoxy groups -OCH3 is 1. The molecule has 1 saturated heterocycles. The van der Waals surface area contributed by atoms with Crippen LogP contribution < -0.4 is 10.1 Å². The average Bonchev–Trinajstić information content (AvgIpc) is 3.09. The largest absolute Gasteiger partial charge is 0.496 e. The van der Waals surface area contributed by atoms with E-state index in [1.54, 1.807) is 0 Å². The number of carbonyl (C=O) groups excluding carboxylic acids is 2. The Bertz CT molecular complexity index is 641. The number of nitrogens with zero attached hydrogens (tertiary/aromatic N) is 1. The van der Waals surface area contributed by atoms with E-state index in [2.05, 4.69) is 5.32 Å². The standard InChI is InChI=1S/C15H18N2O7/c1-9(24-15(19)13-4-3-7-23-13)14(18)16-11-6-5-10(22-2)8-12(11)17(20)21/h5-6,8-9,13H,3-4,7H2,1-2H3,(H,16,18)/t9-,13+/m0/s1. The number of nitro benzene ring substituents is 1. The number of ether oxygens (including phenoxy) is 3. The van der Waals surface area contributed by atoms with E-state index in [1.165, 1.54) is 32.2 Å². The van der Waals surface area contributed by atoms with E-state index in [9.17, 15) is 19.7 Å². The third kappa shape index (κ3) is 4.19. The van der Waals surface area contributed by atoms with Gasteiger partial charge in [0.2, 0.25) is 0 Å². The zero-order chi connectivity index (χ0) is 17.7. The molecule has 0 bridgehead atoms. The Hall–Kier alpha value is -2.68. The Labute approximate surface area is 138 Å². The molecule has 1 aromatic carbocycles. The second-order valence-electron chi connectivity index (χ2n) is 5.21. The molecule has 1 aliphatic heterocycles. The molecule has 0 unspecified atom stereocenters. The summed E-state index contributed by atoms with van der Waals surface area (Å²) >= 11 is 0. The third-order valence-corrected chi connectivity index (χ3v) is 3.51. The smallest absolute Gasteiger partial charge is 0.336 e. The van der Waals surface area contributed by atoms with Crippen molar-refractivity contribution < 1.29 is 28.7 Å². The SMILES string of the molecule is COc1ccc(NC(=O)[C@H](C)OC(=O)[C@H]2CCCO2)c([N+](=O)[O-])c1. The lowest BCUT2D eigenvalue weighted by Crippen LogP contribution is -2.34. The minimum atomic E-state index is -1.11. The first-order valence-corrected chi connectivity index (χ1v) is 7.37. The van der Waals surface area contributed by atoms with E-state index >= 15 is 0 Å². The highest BCUT2D eigenvalue weighted by molar-refractivity contribution is 5.97. The van der Waals surface area contributed by atoms with Crippen LogP contribution in [-0.4, -0.2) is 42.7 Å². The molecule has 0 saturated carbocycles. The van der Waals surface area contributed by atoms with Gasteiger partial charge in [-0.2, -0.15) is 0 Å². The van der Waals surface area contributed by atoms with Crippen LogP contribution in [-0.2, 0) is 19.1 Å². The van der Waals surface area contributed by atoms with Gasteiger partial charge in [-0.3, -0.25) is 14.9 Å². The minimum Gasteiger partial charge on any atom is -0.496 e. The molecule has 1 aromatic rings. The van der Waals surface area contributed by atoms with Crippen LogP contribution in [0.15, 0.2) is 18.2 Å². The van der Waals surface area contributed by atoms with Crippen molar-refractivity contribution in [2.45, 2.75) is 32.0 Å². The molecular weight excluding hydrogens is 320 g/mol. The van der Waals surface area contributed by atoms with Crippen LogP contribution in [0, 0.1) is 10.1 Å². The number of benzene rings is 1. The van der Waals surface area contributed by atoms with Crippen molar-refractivity contribution in [2.24, 2.45) is 0 Å². The number of nitro groups is 1. The van der Waals surface area contributed by atoms with Crippen molar-refractivity contribution in [1.29, 1.82) is 0 Å². The summed E-state index contributed by atoms with van der Waals surface area (Å²) in [5.74, 6) is -0.994. The molecule has 0 radical (unpaired) electrons. The maximum absolute atomic E-state index is 12.1. The molecule has 0 spiro atoms. The Morgan fingerprint density at radius 2 is 2.21 bits per heavy atom. The molecule has 0 aliphatic carbocycles. The van der Waals surface area contributed by atoms with Crippen molar-refractivity contribution in [3.05, 3.63) is 28.3 Å². The molecule has 1 heterocycles. The lowest BCUT2D eigenvalue weighted by molar-refractivity contribution is -0.384. The topological polar surface area (TPSA) is 117 Å². The third-order valence-electron chi connectivity index (χ3n) is 3.51. The van der Waals surface area contributed by atoms with E-state index in [0.29, 0.717) is 13.0 Å². The molecule has 1 N–H and O–H groups in total. The molecule has 1 amide bonds. The number of hydrogen-bond donors (Lipinski definition) is 1. The minimum absolute atomic E-state index is 0.00850. The average molecular weight is 338 g/mol. The first-order valence-electron chi connectivity index (χ1n) is 7.37. The summed E-state index contributed by atoms with van der Waals surface area (Å²) in [5.41, 5.74) is -0.328. The predicted octanol–water partition coefficient (Wildman–Crippen LogP) is 1.65. The quantitative estimate of drug-likeness (QED) is 0.476. The number of anilines is 1. The highest BCUT2D eigenvalue weighted by atomic mass is 16.6. The molecule has 1 fully saturated rings. The number of rotatable bonds is 6. The highest BCUT2D eigenvalue weighted by Gasteiger charge is 2.29. The fraction of sp³-hybridized carbons (Fsp3) is 0.467. The number of esters is 1. The van der Waals surface area contributed by atoms with Gasteiger partial charge in [-0.25, -0.2) is 4.79 Å². The molecule has 1 aliphatic rings. The van der Waals surface area contributed by atoms with Gasteiger partial charge in [-0.05, 0) is 31.9 Å². The number of amides is 1. The Balaban J connectivity index is 2.03. The van der Waals surface area contributed by atoms with Gasteiger partial charge in [0, 0.05) is 6.61 Å². The summed E-state index contributed by atoms with van der Waals surface area (Å²) in [6.07, 6.45) is -0.450. The van der Waals surface area contributed by atoms with Crippen LogP contribution in [0.25, 0.3) is 0 Å². The molecular formula is C15H18N2O7. The van der Waals surface area contributed by atoms with Crippen molar-refractivity contribution in [1.82, 2.24) is 0 Å². The number of nitrogens with one attached hydrogen (secondary N) is 1. The summed E-state index contributed by atoms with van der Waals surface area (Å²) in [7, 11) is 1.38. The van der Waals surface area contributed by atoms with Gasteiger partial charge in [0.25, 0.3) is 11.6 Å². The van der Waals surface area contributed by atoms with E-state index in [1.807, 2.05) is 0 Å². The van der Waals surface area contributed by atoms with E-state index in [0.717, 1.165) is 6.42 Å². The van der Waals surface area contributed by atoms with Gasteiger partial charge >= 0.3 is 5.97 Å². The molecule has 2 rings (SSSR count). The molecule has 0 aromatic heterocycles. The molecule has 24 heavy (non-hydrogen) atoms. The monoisotopic (exact) mass is 338 g/mol. The lowest BCUT2D eigenvalue weighted by Gasteiger charge is -2.16. The normalized spacial score (nSPS) is 17.8. The zero-order valence-corrected chi connectivity index (χ0v) is 13.3. The van der Waals surface area contributed by atoms with Crippen molar-refractivity contribution >= 4 is 23.3 Å². The van der Waals surface area contributed by atoms with E-state index in [-0.39, 0.29) is 17.1 Å². The second-order valence-corrected chi connectivity index (χ2v) is 5.21. The van der Waals surface area contributed by atoms with Crippen LogP contribution in [0.3, 0.4) is 0 Å². The maximum atomic E-state index is 12.1. The summed E-state index contributed by atoms with van der Waals surface area (Å²) in [4.78, 5) is 34.4. The fourth-order valence-electron chi connectivity index (χ4n) is 2.20. The molecule has 9 nitrogen and oxygen atoms in total. The lowest BCUT2D eigenvalue weighted by atomic mass is 10.2. The van der Waals surface area contributed by atoms with Crippen LogP contribution in [0.4, 0.5) is 11.4 Å². The predicted molar refractivity (Wildman–Crippen MR) is 82.8 cm³/mol. The highest BCUT2D eigenvalue weighted by Crippen LogP contribution is 2.29. The van der Waals surface area contributed by atoms with Crippen molar-refractivity contribution in [3.63, 3.8) is 0 Å². The summed E-state index contributed by atoms with van der Waals surface area (Å²) in [6, 6.07) is 4.02. The first kappa shape index (κ1) is 17.7. The second kappa shape index (κ2) is 7.73. The van der Waals surface area contributed by atoms with Gasteiger partial charge in [0.15, 0.2) is 12.2 Å². The van der Waals surface area contributed by atoms with Crippen LogP contribution in [0.5, 0.6) is 5.75 Å².